The minimum atomic E-state index is -2.09. The highest BCUT2D eigenvalue weighted by Crippen LogP contribution is 2.45. The number of rotatable bonds is 12. The molecule has 2 fully saturated rings. The first-order chi connectivity index (χ1) is 23.5. The van der Waals surface area contributed by atoms with Crippen LogP contribution in [0.3, 0.4) is 0 Å². The van der Waals surface area contributed by atoms with Gasteiger partial charge in [-0.1, -0.05) is 118 Å². The molecule has 5 rings (SSSR count). The zero-order valence-electron chi connectivity index (χ0n) is 30.4. The highest BCUT2D eigenvalue weighted by molar-refractivity contribution is 6.74. The average molecular weight is 682 g/mol. The van der Waals surface area contributed by atoms with Gasteiger partial charge >= 0.3 is 5.97 Å². The van der Waals surface area contributed by atoms with Gasteiger partial charge < -0.3 is 14.1 Å². The molecule has 2 aliphatic rings. The lowest BCUT2D eigenvalue weighted by Gasteiger charge is -2.50. The Balaban J connectivity index is 1.48. The number of amides is 1. The van der Waals surface area contributed by atoms with Gasteiger partial charge in [0.2, 0.25) is 5.91 Å². The van der Waals surface area contributed by atoms with Crippen LogP contribution in [-0.2, 0) is 24.3 Å². The number of carbonyl (C=O) groups is 2. The molecule has 7 nitrogen and oxygen atoms in total. The number of benzene rings is 3. The Morgan fingerprint density at radius 3 is 1.88 bits per heavy atom. The Labute approximate surface area is 295 Å². The number of nitrogens with zero attached hydrogens (tertiary/aromatic N) is 3. The zero-order chi connectivity index (χ0) is 35.1. The molecule has 0 aliphatic carbocycles. The highest BCUT2D eigenvalue weighted by Gasteiger charge is 2.46. The van der Waals surface area contributed by atoms with Gasteiger partial charge in [0.05, 0.1) is 31.2 Å². The van der Waals surface area contributed by atoms with E-state index in [1.807, 2.05) is 11.8 Å². The quantitative estimate of drug-likeness (QED) is 0.0880. The fraction of sp³-hybridized carbons (Fsp3) is 0.463. The molecule has 3 aromatic carbocycles. The van der Waals surface area contributed by atoms with Gasteiger partial charge in [0.1, 0.15) is 0 Å². The molecule has 1 unspecified atom stereocenters. The van der Waals surface area contributed by atoms with E-state index in [0.717, 1.165) is 19.5 Å². The third kappa shape index (κ3) is 8.43. The van der Waals surface area contributed by atoms with Gasteiger partial charge in [-0.3, -0.25) is 19.4 Å². The molecule has 0 spiro atoms. The summed E-state index contributed by atoms with van der Waals surface area (Å²) in [6.07, 6.45) is 3.43. The minimum absolute atomic E-state index is 0.0156. The van der Waals surface area contributed by atoms with Crippen LogP contribution in [0.1, 0.15) is 57.2 Å². The monoisotopic (exact) mass is 681 g/mol. The SMILES string of the molecule is CCOC(=O)CCN1CCN(CC=C2CN(C(c3ccccc3)(c3ccccc3)c3ccccc3)CCC2O[Si](C)(C)C(C)(C)C)C(=O)C1. The van der Waals surface area contributed by atoms with Crippen LogP contribution in [0.5, 0.6) is 0 Å². The number of hydrogen-bond donors (Lipinski definition) is 0. The van der Waals surface area contributed by atoms with E-state index in [1.165, 1.54) is 22.3 Å². The summed E-state index contributed by atoms with van der Waals surface area (Å²) < 4.78 is 12.3. The average Bonchev–Trinajstić information content (AvgIpc) is 3.09. The standard InChI is InChI=1S/C41H55N3O4Si/c1-7-47-39(46)25-26-42-29-30-43(38(45)32-42)27-23-33-31-44(28-24-37(33)48-49(5,6)40(2,3)4)41(34-17-11-8-12-18-34,35-19-13-9-14-20-35)36-21-15-10-16-22-36/h8-23,37H,7,24-32H2,1-6H3. The van der Waals surface area contributed by atoms with Gasteiger partial charge in [-0.15, -0.1) is 0 Å². The number of likely N-dealkylation sites (tertiary alicyclic amines) is 1. The van der Waals surface area contributed by atoms with Crippen LogP contribution in [0.25, 0.3) is 0 Å². The third-order valence-electron chi connectivity index (χ3n) is 10.6. The summed E-state index contributed by atoms with van der Waals surface area (Å²) in [6, 6.07) is 32.6. The van der Waals surface area contributed by atoms with Crippen molar-refractivity contribution in [1.82, 2.24) is 14.7 Å². The second kappa shape index (κ2) is 16.0. The summed E-state index contributed by atoms with van der Waals surface area (Å²) in [6.45, 7) is 18.1. The van der Waals surface area contributed by atoms with Crippen molar-refractivity contribution in [3.63, 3.8) is 0 Å². The Morgan fingerprint density at radius 1 is 0.837 bits per heavy atom. The van der Waals surface area contributed by atoms with E-state index in [0.29, 0.717) is 45.8 Å². The zero-order valence-corrected chi connectivity index (χ0v) is 31.4. The molecular weight excluding hydrogens is 627 g/mol. The number of ether oxygens (including phenoxy) is 1. The Hall–Kier alpha value is -3.56. The Kier molecular flexibility index (Phi) is 12.0. The van der Waals surface area contributed by atoms with Crippen molar-refractivity contribution in [2.75, 3.05) is 52.4 Å². The number of esters is 1. The van der Waals surface area contributed by atoms with Gasteiger partial charge in [0.25, 0.3) is 0 Å². The summed E-state index contributed by atoms with van der Waals surface area (Å²) in [7, 11) is -2.09. The molecule has 8 heteroatoms. The summed E-state index contributed by atoms with van der Waals surface area (Å²) in [4.78, 5) is 31.9. The van der Waals surface area contributed by atoms with Crippen LogP contribution in [0, 0.1) is 0 Å². The second-order valence-corrected chi connectivity index (χ2v) is 19.6. The molecule has 2 aliphatic heterocycles. The van der Waals surface area contributed by atoms with Gasteiger partial charge in [-0.05, 0) is 53.7 Å². The first kappa shape index (κ1) is 36.7. The Bertz CT molecular complexity index is 1460. The van der Waals surface area contributed by atoms with Crippen LogP contribution in [0.2, 0.25) is 18.1 Å². The maximum atomic E-state index is 13.4. The molecule has 1 atom stereocenters. The lowest BCUT2D eigenvalue weighted by molar-refractivity contribution is -0.144. The number of piperidine rings is 1. The van der Waals surface area contributed by atoms with E-state index < -0.39 is 13.9 Å². The normalized spacial score (nSPS) is 19.3. The predicted molar refractivity (Wildman–Crippen MR) is 200 cm³/mol. The van der Waals surface area contributed by atoms with Crippen molar-refractivity contribution in [1.29, 1.82) is 0 Å². The molecule has 0 N–H and O–H groups in total. The number of hydrogen-bond acceptors (Lipinski definition) is 6. The summed E-state index contributed by atoms with van der Waals surface area (Å²) >= 11 is 0. The topological polar surface area (TPSA) is 62.3 Å². The van der Waals surface area contributed by atoms with E-state index in [2.05, 4.69) is 141 Å². The molecule has 3 aromatic rings. The lowest BCUT2D eigenvalue weighted by atomic mass is 9.74. The Morgan fingerprint density at radius 2 is 1.39 bits per heavy atom. The summed E-state index contributed by atoms with van der Waals surface area (Å²) in [5, 5.41) is 0.0764. The maximum Gasteiger partial charge on any atom is 0.307 e. The number of piperazine rings is 1. The predicted octanol–water partition coefficient (Wildman–Crippen LogP) is 7.10. The van der Waals surface area contributed by atoms with Crippen LogP contribution in [0.4, 0.5) is 0 Å². The van der Waals surface area contributed by atoms with Crippen LogP contribution in [0.15, 0.2) is 103 Å². The largest absolute Gasteiger partial charge is 0.466 e. The second-order valence-electron chi connectivity index (χ2n) is 14.8. The van der Waals surface area contributed by atoms with Gasteiger partial charge in [-0.2, -0.15) is 0 Å². The minimum Gasteiger partial charge on any atom is -0.466 e. The van der Waals surface area contributed by atoms with Crippen LogP contribution in [-0.4, -0.2) is 93.4 Å². The molecular formula is C41H55N3O4Si. The van der Waals surface area contributed by atoms with E-state index in [1.54, 1.807) is 0 Å². The van der Waals surface area contributed by atoms with Crippen molar-refractivity contribution in [2.45, 2.75) is 70.3 Å². The molecule has 0 aromatic heterocycles. The maximum absolute atomic E-state index is 13.4. The van der Waals surface area contributed by atoms with E-state index in [-0.39, 0.29) is 23.0 Å². The molecule has 1 amide bonds. The van der Waals surface area contributed by atoms with E-state index in [4.69, 9.17) is 9.16 Å². The number of carbonyl (C=O) groups excluding carboxylic acids is 2. The van der Waals surface area contributed by atoms with Crippen molar-refractivity contribution < 1.29 is 18.8 Å². The smallest absolute Gasteiger partial charge is 0.307 e. The van der Waals surface area contributed by atoms with Crippen molar-refractivity contribution in [3.05, 3.63) is 119 Å². The van der Waals surface area contributed by atoms with Gasteiger partial charge in [0.15, 0.2) is 8.32 Å². The fourth-order valence-corrected chi connectivity index (χ4v) is 8.28. The molecule has 0 bridgehead atoms. The van der Waals surface area contributed by atoms with E-state index in [9.17, 15) is 9.59 Å². The van der Waals surface area contributed by atoms with Gasteiger partial charge in [0, 0.05) is 39.3 Å². The molecule has 0 saturated carbocycles. The highest BCUT2D eigenvalue weighted by atomic mass is 28.4. The lowest BCUT2D eigenvalue weighted by Crippen LogP contribution is -2.55. The van der Waals surface area contributed by atoms with Crippen LogP contribution < -0.4 is 0 Å². The van der Waals surface area contributed by atoms with Crippen molar-refractivity contribution in [2.24, 2.45) is 0 Å². The molecule has 2 saturated heterocycles. The summed E-state index contributed by atoms with van der Waals surface area (Å²) in [5.74, 6) is -0.122. The molecule has 2 heterocycles. The summed E-state index contributed by atoms with van der Waals surface area (Å²) in [5.41, 5.74) is 4.39. The first-order valence-electron chi connectivity index (χ1n) is 17.9. The van der Waals surface area contributed by atoms with Gasteiger partial charge in [-0.25, -0.2) is 0 Å². The molecule has 49 heavy (non-hydrogen) atoms. The third-order valence-corrected chi connectivity index (χ3v) is 15.1. The first-order valence-corrected chi connectivity index (χ1v) is 20.8. The fourth-order valence-electron chi connectivity index (χ4n) is 6.95. The van der Waals surface area contributed by atoms with E-state index >= 15 is 0 Å². The van der Waals surface area contributed by atoms with Crippen molar-refractivity contribution in [3.8, 4) is 0 Å². The molecule has 262 valence electrons. The van der Waals surface area contributed by atoms with Crippen molar-refractivity contribution >= 4 is 20.2 Å². The van der Waals surface area contributed by atoms with Crippen LogP contribution >= 0.6 is 0 Å². The molecule has 0 radical (unpaired) electrons.